The molecule has 2 aliphatic heterocycles. The number of oxime groups is 1. The Hall–Kier alpha value is -2.83. The van der Waals surface area contributed by atoms with E-state index in [0.29, 0.717) is 13.0 Å². The number of methoxy groups -OCH3 is 1. The first-order valence-electron chi connectivity index (χ1n) is 9.76. The minimum absolute atomic E-state index is 0.0393. The number of rotatable bonds is 4. The number of benzene rings is 1. The molecule has 0 spiro atoms. The van der Waals surface area contributed by atoms with E-state index in [-0.39, 0.29) is 11.9 Å². The molecule has 4 rings (SSSR count). The molecule has 7 heteroatoms. The molecule has 2 aromatic rings. The van der Waals surface area contributed by atoms with Crippen molar-refractivity contribution in [3.8, 4) is 5.75 Å². The fraction of sp³-hybridized carbons (Fsp3) is 0.476. The van der Waals surface area contributed by atoms with Gasteiger partial charge in [-0.2, -0.15) is 0 Å². The van der Waals surface area contributed by atoms with Gasteiger partial charge in [0.1, 0.15) is 5.75 Å². The van der Waals surface area contributed by atoms with Crippen LogP contribution in [0, 0.1) is 6.92 Å². The average molecular weight is 383 g/mol. The van der Waals surface area contributed by atoms with Crippen molar-refractivity contribution in [1.82, 2.24) is 10.1 Å². The molecule has 0 bridgehead atoms. The number of aromatic nitrogens is 1. The summed E-state index contributed by atoms with van der Waals surface area (Å²) in [5, 5.41) is 8.18. The quantitative estimate of drug-likeness (QED) is 0.806. The second kappa shape index (κ2) is 8.04. The molecule has 1 amide bonds. The van der Waals surface area contributed by atoms with Gasteiger partial charge in [-0.15, -0.1) is 0 Å². The topological polar surface area (TPSA) is 77.2 Å². The highest BCUT2D eigenvalue weighted by atomic mass is 16.6. The fourth-order valence-corrected chi connectivity index (χ4v) is 3.88. The second-order valence-corrected chi connectivity index (χ2v) is 7.34. The maximum absolute atomic E-state index is 13.3. The maximum Gasteiger partial charge on any atom is 0.267 e. The number of nitrogens with zero attached hydrogens (tertiary/aromatic N) is 3. The van der Waals surface area contributed by atoms with E-state index in [4.69, 9.17) is 14.1 Å². The number of carbonyl (C=O) groups is 1. The molecule has 1 fully saturated rings. The van der Waals surface area contributed by atoms with Crippen molar-refractivity contribution in [2.24, 2.45) is 5.16 Å². The van der Waals surface area contributed by atoms with Crippen molar-refractivity contribution in [3.63, 3.8) is 0 Å². The van der Waals surface area contributed by atoms with E-state index in [0.717, 1.165) is 54.2 Å². The first kappa shape index (κ1) is 18.5. The predicted octanol–water partition coefficient (Wildman–Crippen LogP) is 3.63. The molecule has 2 aliphatic rings. The van der Waals surface area contributed by atoms with Crippen LogP contribution in [0.1, 0.15) is 55.2 Å². The zero-order chi connectivity index (χ0) is 19.5. The number of amides is 1. The smallest absolute Gasteiger partial charge is 0.267 e. The molecule has 0 radical (unpaired) electrons. The largest absolute Gasteiger partial charge is 0.497 e. The van der Waals surface area contributed by atoms with Crippen LogP contribution in [0.3, 0.4) is 0 Å². The number of hydrogen-bond donors (Lipinski definition) is 0. The number of ether oxygens (including phenoxy) is 1. The third-order valence-electron chi connectivity index (χ3n) is 5.36. The van der Waals surface area contributed by atoms with Gasteiger partial charge in [0, 0.05) is 24.6 Å². The van der Waals surface area contributed by atoms with E-state index in [2.05, 4.69) is 10.3 Å². The number of likely N-dealkylation sites (tertiary alicyclic amines) is 1. The van der Waals surface area contributed by atoms with Crippen molar-refractivity contribution in [2.45, 2.75) is 51.2 Å². The van der Waals surface area contributed by atoms with E-state index in [9.17, 15) is 4.79 Å². The monoisotopic (exact) mass is 383 g/mol. The zero-order valence-corrected chi connectivity index (χ0v) is 16.3. The molecule has 1 saturated heterocycles. The third kappa shape index (κ3) is 3.74. The SMILES string of the molecule is COc1cccc(C2=NO[C@H](C(=O)N3CCCCC[C@H]3c3cc(C)no3)C2)c1. The molecule has 148 valence electrons. The number of aryl methyl sites for hydroxylation is 1. The van der Waals surface area contributed by atoms with Gasteiger partial charge in [0.05, 0.1) is 24.6 Å². The predicted molar refractivity (Wildman–Crippen MR) is 103 cm³/mol. The van der Waals surface area contributed by atoms with Crippen LogP contribution in [0.4, 0.5) is 0 Å². The van der Waals surface area contributed by atoms with E-state index in [1.807, 2.05) is 42.2 Å². The van der Waals surface area contributed by atoms with E-state index >= 15 is 0 Å². The van der Waals surface area contributed by atoms with Gasteiger partial charge in [0.2, 0.25) is 6.10 Å². The summed E-state index contributed by atoms with van der Waals surface area (Å²) in [5.74, 6) is 1.46. The Balaban J connectivity index is 1.50. The Morgan fingerprint density at radius 1 is 1.25 bits per heavy atom. The molecule has 1 aromatic carbocycles. The van der Waals surface area contributed by atoms with Gasteiger partial charge in [0.25, 0.3) is 5.91 Å². The summed E-state index contributed by atoms with van der Waals surface area (Å²) in [4.78, 5) is 20.7. The molecule has 0 N–H and O–H groups in total. The van der Waals surface area contributed by atoms with Crippen LogP contribution >= 0.6 is 0 Å². The van der Waals surface area contributed by atoms with Crippen LogP contribution in [-0.2, 0) is 9.63 Å². The molecular weight excluding hydrogens is 358 g/mol. The Morgan fingerprint density at radius 2 is 2.14 bits per heavy atom. The standard InChI is InChI=1S/C21H25N3O4/c1-14-11-19(27-22-14)18-9-4-3-5-10-24(18)21(25)20-13-17(23-28-20)15-7-6-8-16(12-15)26-2/h6-8,11-12,18,20H,3-5,9-10,13H2,1-2H3/t18-,20-/m0/s1. The molecule has 0 aliphatic carbocycles. The van der Waals surface area contributed by atoms with E-state index < -0.39 is 6.10 Å². The van der Waals surface area contributed by atoms with Crippen molar-refractivity contribution in [1.29, 1.82) is 0 Å². The Kier molecular flexibility index (Phi) is 5.32. The van der Waals surface area contributed by atoms with Crippen LogP contribution < -0.4 is 4.74 Å². The van der Waals surface area contributed by atoms with Crippen LogP contribution in [-0.4, -0.2) is 41.4 Å². The molecule has 7 nitrogen and oxygen atoms in total. The lowest BCUT2D eigenvalue weighted by atomic mass is 10.0. The van der Waals surface area contributed by atoms with Gasteiger partial charge in [0.15, 0.2) is 5.76 Å². The highest BCUT2D eigenvalue weighted by molar-refractivity contribution is 6.04. The molecule has 3 heterocycles. The van der Waals surface area contributed by atoms with Gasteiger partial charge in [-0.25, -0.2) is 0 Å². The molecule has 28 heavy (non-hydrogen) atoms. The summed E-state index contributed by atoms with van der Waals surface area (Å²) in [7, 11) is 1.63. The average Bonchev–Trinajstić information content (AvgIpc) is 3.31. The van der Waals surface area contributed by atoms with Crippen molar-refractivity contribution < 1.29 is 18.9 Å². The lowest BCUT2D eigenvalue weighted by molar-refractivity contribution is -0.145. The van der Waals surface area contributed by atoms with Crippen LogP contribution in [0.5, 0.6) is 5.75 Å². The normalized spacial score (nSPS) is 22.4. The van der Waals surface area contributed by atoms with E-state index in [1.54, 1.807) is 7.11 Å². The van der Waals surface area contributed by atoms with Gasteiger partial charge < -0.3 is 19.0 Å². The van der Waals surface area contributed by atoms with Crippen molar-refractivity contribution >= 4 is 11.6 Å². The lowest BCUT2D eigenvalue weighted by Gasteiger charge is -2.29. The molecule has 1 aromatic heterocycles. The zero-order valence-electron chi connectivity index (χ0n) is 16.3. The van der Waals surface area contributed by atoms with Crippen LogP contribution in [0.15, 0.2) is 40.0 Å². The van der Waals surface area contributed by atoms with Gasteiger partial charge in [-0.1, -0.05) is 35.3 Å². The Labute approximate surface area is 164 Å². The summed E-state index contributed by atoms with van der Waals surface area (Å²) in [5.41, 5.74) is 2.50. The summed E-state index contributed by atoms with van der Waals surface area (Å²) < 4.78 is 10.8. The minimum atomic E-state index is -0.606. The molecule has 2 atom stereocenters. The molecule has 0 unspecified atom stereocenters. The maximum atomic E-state index is 13.3. The minimum Gasteiger partial charge on any atom is -0.497 e. The Bertz CT molecular complexity index is 876. The highest BCUT2D eigenvalue weighted by Gasteiger charge is 2.37. The first-order valence-corrected chi connectivity index (χ1v) is 9.76. The van der Waals surface area contributed by atoms with Crippen molar-refractivity contribution in [3.05, 3.63) is 47.3 Å². The van der Waals surface area contributed by atoms with Gasteiger partial charge in [-0.05, 0) is 31.9 Å². The molecule has 0 saturated carbocycles. The second-order valence-electron chi connectivity index (χ2n) is 7.34. The summed E-state index contributed by atoms with van der Waals surface area (Å²) in [6.45, 7) is 2.59. The first-order chi connectivity index (χ1) is 13.7. The summed E-state index contributed by atoms with van der Waals surface area (Å²) in [6, 6.07) is 9.46. The summed E-state index contributed by atoms with van der Waals surface area (Å²) >= 11 is 0. The Morgan fingerprint density at radius 3 is 2.93 bits per heavy atom. The fourth-order valence-electron chi connectivity index (χ4n) is 3.88. The van der Waals surface area contributed by atoms with Gasteiger partial charge >= 0.3 is 0 Å². The number of carbonyl (C=O) groups excluding carboxylic acids is 1. The van der Waals surface area contributed by atoms with E-state index in [1.165, 1.54) is 0 Å². The van der Waals surface area contributed by atoms with Crippen LogP contribution in [0.25, 0.3) is 0 Å². The van der Waals surface area contributed by atoms with Crippen molar-refractivity contribution in [2.75, 3.05) is 13.7 Å². The lowest BCUT2D eigenvalue weighted by Crippen LogP contribution is -2.41. The number of hydrogen-bond acceptors (Lipinski definition) is 6. The highest BCUT2D eigenvalue weighted by Crippen LogP contribution is 2.32. The van der Waals surface area contributed by atoms with Gasteiger partial charge in [-0.3, -0.25) is 4.79 Å². The molecular formula is C21H25N3O4. The summed E-state index contributed by atoms with van der Waals surface area (Å²) in [6.07, 6.45) is 3.86. The third-order valence-corrected chi connectivity index (χ3v) is 5.36. The van der Waals surface area contributed by atoms with Crippen LogP contribution in [0.2, 0.25) is 0 Å².